The summed E-state index contributed by atoms with van der Waals surface area (Å²) in [6.45, 7) is 13.4. The van der Waals surface area contributed by atoms with Crippen molar-refractivity contribution in [2.45, 2.75) is 57.8 Å². The highest BCUT2D eigenvalue weighted by Crippen LogP contribution is 2.32. The number of ether oxygens (including phenoxy) is 2. The lowest BCUT2D eigenvalue weighted by Crippen LogP contribution is -2.38. The fourth-order valence-electron chi connectivity index (χ4n) is 7.84. The molecule has 296 valence electrons. The molecule has 2 unspecified atom stereocenters. The molecule has 0 saturated carbocycles. The molecule has 0 spiro atoms. The van der Waals surface area contributed by atoms with Gasteiger partial charge in [-0.25, -0.2) is 23.9 Å². The Hall–Kier alpha value is -5.41. The van der Waals surface area contributed by atoms with Crippen LogP contribution in [0.4, 0.5) is 20.7 Å². The Balaban J connectivity index is 0.895. The van der Waals surface area contributed by atoms with Crippen LogP contribution in [0.2, 0.25) is 0 Å². The number of hydrogen-bond donors (Lipinski definition) is 2. The number of aromatic nitrogens is 4. The molecule has 4 aromatic rings. The number of esters is 1. The van der Waals surface area contributed by atoms with E-state index in [1.807, 2.05) is 36.5 Å². The second-order valence-electron chi connectivity index (χ2n) is 16.0. The summed E-state index contributed by atoms with van der Waals surface area (Å²) in [4.78, 5) is 55.0. The van der Waals surface area contributed by atoms with E-state index in [1.165, 1.54) is 30.5 Å². The van der Waals surface area contributed by atoms with E-state index >= 15 is 0 Å². The van der Waals surface area contributed by atoms with Gasteiger partial charge in [0.2, 0.25) is 6.10 Å². The second kappa shape index (κ2) is 16.8. The number of amides is 2. The summed E-state index contributed by atoms with van der Waals surface area (Å²) < 4.78 is 26.7. The molecule has 3 fully saturated rings. The maximum absolute atomic E-state index is 13.5. The summed E-state index contributed by atoms with van der Waals surface area (Å²) in [5.74, 6) is -1.08. The first kappa shape index (κ1) is 38.8. The topological polar surface area (TPSA) is 161 Å². The lowest BCUT2D eigenvalue weighted by atomic mass is 10.0. The minimum Gasteiger partial charge on any atom is -0.444 e. The minimum absolute atomic E-state index is 0.137. The molecule has 7 rings (SSSR count). The molecule has 0 aliphatic carbocycles. The highest BCUT2D eigenvalue weighted by molar-refractivity contribution is 5.99. The first-order valence-electron chi connectivity index (χ1n) is 19.3. The monoisotopic (exact) mass is 767 g/mol. The van der Waals surface area contributed by atoms with Crippen LogP contribution in [0.3, 0.4) is 0 Å². The van der Waals surface area contributed by atoms with Crippen molar-refractivity contribution >= 4 is 29.5 Å². The second-order valence-corrected chi connectivity index (χ2v) is 16.0. The zero-order valence-electron chi connectivity index (χ0n) is 32.1. The molecule has 2 aromatic carbocycles. The Bertz CT molecular complexity index is 1980. The normalized spacial score (nSPS) is 19.8. The number of nitrogens with two attached hydrogens (primary N) is 1. The Kier molecular flexibility index (Phi) is 11.6. The summed E-state index contributed by atoms with van der Waals surface area (Å²) in [5, 5.41) is 7.31. The van der Waals surface area contributed by atoms with Crippen LogP contribution in [0.25, 0.3) is 11.3 Å². The van der Waals surface area contributed by atoms with Crippen LogP contribution >= 0.6 is 0 Å². The number of likely N-dealkylation sites (tertiary alicyclic amines) is 3. The smallest absolute Gasteiger partial charge is 0.410 e. The van der Waals surface area contributed by atoms with Gasteiger partial charge in [0.15, 0.2) is 11.5 Å². The van der Waals surface area contributed by atoms with Crippen LogP contribution in [0, 0.1) is 17.7 Å². The van der Waals surface area contributed by atoms with Crippen LogP contribution in [0.1, 0.15) is 68.2 Å². The molecule has 3 aliphatic heterocycles. The lowest BCUT2D eigenvalue weighted by Gasteiger charge is -2.32. The molecule has 14 nitrogen and oxygen atoms in total. The van der Waals surface area contributed by atoms with Gasteiger partial charge in [-0.1, -0.05) is 30.3 Å². The number of carbonyl (C=O) groups is 3. The van der Waals surface area contributed by atoms with Gasteiger partial charge in [-0.05, 0) is 89.2 Å². The molecule has 56 heavy (non-hydrogen) atoms. The molecule has 2 aromatic heterocycles. The molecular weight excluding hydrogens is 718 g/mol. The molecule has 5 heterocycles. The van der Waals surface area contributed by atoms with Gasteiger partial charge in [0, 0.05) is 62.3 Å². The third-order valence-corrected chi connectivity index (χ3v) is 10.7. The van der Waals surface area contributed by atoms with Crippen LogP contribution < -0.4 is 11.1 Å². The number of fused-ring (bicyclic) bond motifs is 1. The lowest BCUT2D eigenvalue weighted by molar-refractivity contribution is -0.125. The quantitative estimate of drug-likeness (QED) is 0.188. The number of piperidine rings is 1. The molecule has 3 atom stereocenters. The van der Waals surface area contributed by atoms with E-state index in [4.69, 9.17) is 15.2 Å². The molecule has 3 aliphatic rings. The Morgan fingerprint density at radius 3 is 2.29 bits per heavy atom. The van der Waals surface area contributed by atoms with Crippen molar-refractivity contribution in [1.82, 2.24) is 34.4 Å². The van der Waals surface area contributed by atoms with Gasteiger partial charge < -0.3 is 35.2 Å². The summed E-state index contributed by atoms with van der Waals surface area (Å²) in [6.07, 6.45) is 6.58. The Morgan fingerprint density at radius 2 is 1.61 bits per heavy atom. The van der Waals surface area contributed by atoms with Crippen molar-refractivity contribution in [1.29, 1.82) is 0 Å². The van der Waals surface area contributed by atoms with Crippen molar-refractivity contribution in [3.05, 3.63) is 90.3 Å². The molecule has 0 bridgehead atoms. The van der Waals surface area contributed by atoms with E-state index < -0.39 is 29.4 Å². The average Bonchev–Trinajstić information content (AvgIpc) is 3.91. The van der Waals surface area contributed by atoms with E-state index in [-0.39, 0.29) is 23.6 Å². The third kappa shape index (κ3) is 9.51. The highest BCUT2D eigenvalue weighted by Gasteiger charge is 2.42. The highest BCUT2D eigenvalue weighted by atomic mass is 19.1. The fourth-order valence-corrected chi connectivity index (χ4v) is 7.84. The van der Waals surface area contributed by atoms with Gasteiger partial charge in [-0.3, -0.25) is 9.48 Å². The average molecular weight is 768 g/mol. The van der Waals surface area contributed by atoms with E-state index in [1.54, 1.807) is 36.5 Å². The number of nitrogens with one attached hydrogen (secondary N) is 1. The van der Waals surface area contributed by atoms with Crippen molar-refractivity contribution < 1.29 is 28.2 Å². The Labute approximate surface area is 326 Å². The van der Waals surface area contributed by atoms with Crippen molar-refractivity contribution in [2.24, 2.45) is 11.8 Å². The number of halogens is 1. The first-order valence-corrected chi connectivity index (χ1v) is 19.3. The fraction of sp³-hybridized carbons (Fsp3) is 0.463. The van der Waals surface area contributed by atoms with Gasteiger partial charge in [-0.15, -0.1) is 0 Å². The van der Waals surface area contributed by atoms with Crippen LogP contribution in [-0.4, -0.2) is 110 Å². The number of rotatable bonds is 11. The van der Waals surface area contributed by atoms with Gasteiger partial charge in [-0.2, -0.15) is 5.10 Å². The molecule has 2 amide bonds. The standard InChI is InChI=1S/C41H50FN9O5/c1-41(2,3)56-40(54)50-24-29-22-49(23-30(29)25-50)17-7-16-48-18-14-33(15-19-48)51-26-28(20-45-51)34-21-44-37(43)35(47-34)39(53)55-36(27-8-5-4-6-9-27)38(52)46-32-12-10-31(42)11-13-32/h4-6,8-13,20-21,26,29-30,33,36H,7,14-19,22-25H2,1-3H3,(H2,43,44)(H,46,52)/t29?,30?,36-/m1/s1. The Morgan fingerprint density at radius 1 is 0.929 bits per heavy atom. The number of benzene rings is 2. The van der Waals surface area contributed by atoms with Crippen LogP contribution in [0.5, 0.6) is 0 Å². The van der Waals surface area contributed by atoms with Crippen LogP contribution in [0.15, 0.2) is 73.2 Å². The van der Waals surface area contributed by atoms with Gasteiger partial charge in [0.1, 0.15) is 11.4 Å². The predicted octanol–water partition coefficient (Wildman–Crippen LogP) is 5.42. The van der Waals surface area contributed by atoms with E-state index in [2.05, 4.69) is 30.2 Å². The van der Waals surface area contributed by atoms with Gasteiger partial charge in [0.25, 0.3) is 5.91 Å². The van der Waals surface area contributed by atoms with Crippen molar-refractivity contribution in [3.8, 4) is 11.3 Å². The zero-order chi connectivity index (χ0) is 39.4. The predicted molar refractivity (Wildman–Crippen MR) is 208 cm³/mol. The number of carbonyl (C=O) groups excluding carboxylic acids is 3. The number of anilines is 2. The minimum atomic E-state index is -1.34. The van der Waals surface area contributed by atoms with Crippen molar-refractivity contribution in [3.63, 3.8) is 0 Å². The maximum Gasteiger partial charge on any atom is 0.410 e. The summed E-state index contributed by atoms with van der Waals surface area (Å²) in [7, 11) is 0. The van der Waals surface area contributed by atoms with Crippen LogP contribution in [-0.2, 0) is 14.3 Å². The van der Waals surface area contributed by atoms with Gasteiger partial charge in [0.05, 0.1) is 24.1 Å². The molecule has 15 heteroatoms. The van der Waals surface area contributed by atoms with Crippen molar-refractivity contribution in [2.75, 3.05) is 63.4 Å². The SMILES string of the molecule is CC(C)(C)OC(=O)N1CC2CN(CCCN3CCC(n4cc(-c5cnc(N)c(C(=O)O[C@@H](C(=O)Nc6ccc(F)cc6)c6ccccc6)n5)cn4)CC3)CC2C1. The summed E-state index contributed by atoms with van der Waals surface area (Å²) >= 11 is 0. The number of nitrogen functional groups attached to an aromatic ring is 1. The largest absolute Gasteiger partial charge is 0.444 e. The summed E-state index contributed by atoms with van der Waals surface area (Å²) in [6, 6.07) is 14.0. The third-order valence-electron chi connectivity index (χ3n) is 10.7. The molecule has 3 saturated heterocycles. The van der Waals surface area contributed by atoms with E-state index in [0.717, 1.165) is 71.6 Å². The van der Waals surface area contributed by atoms with Gasteiger partial charge >= 0.3 is 12.1 Å². The van der Waals surface area contributed by atoms with E-state index in [0.29, 0.717) is 34.3 Å². The number of nitrogens with zero attached hydrogens (tertiary/aromatic N) is 7. The molecular formula is C41H50FN9O5. The molecule has 3 N–H and O–H groups in total. The molecule has 0 radical (unpaired) electrons. The number of hydrogen-bond acceptors (Lipinski definition) is 11. The van der Waals surface area contributed by atoms with E-state index in [9.17, 15) is 18.8 Å². The summed E-state index contributed by atoms with van der Waals surface area (Å²) in [5.41, 5.74) is 7.24. The maximum atomic E-state index is 13.5. The zero-order valence-corrected chi connectivity index (χ0v) is 32.1. The first-order chi connectivity index (χ1) is 26.9.